The monoisotopic (exact) mass is 217 g/mol. The van der Waals surface area contributed by atoms with E-state index < -0.39 is 5.91 Å². The highest BCUT2D eigenvalue weighted by Gasteiger charge is 2.18. The van der Waals surface area contributed by atoms with Gasteiger partial charge in [0.15, 0.2) is 5.78 Å². The van der Waals surface area contributed by atoms with E-state index in [0.717, 1.165) is 5.56 Å². The highest BCUT2D eigenvalue weighted by molar-refractivity contribution is 6.22. The van der Waals surface area contributed by atoms with E-state index >= 15 is 0 Å². The summed E-state index contributed by atoms with van der Waals surface area (Å²) >= 11 is 0. The van der Waals surface area contributed by atoms with E-state index in [-0.39, 0.29) is 17.3 Å². The predicted octanol–water partition coefficient (Wildman–Crippen LogP) is 1.78. The van der Waals surface area contributed by atoms with Gasteiger partial charge in [-0.25, -0.2) is 0 Å². The van der Waals surface area contributed by atoms with E-state index in [1.165, 1.54) is 6.08 Å². The van der Waals surface area contributed by atoms with Gasteiger partial charge in [0.1, 0.15) is 0 Å². The van der Waals surface area contributed by atoms with E-state index in [9.17, 15) is 9.59 Å². The third-order valence-electron chi connectivity index (χ3n) is 2.17. The minimum Gasteiger partial charge on any atom is -0.365 e. The number of carbonyl (C=O) groups excluding carboxylic acids is 2. The zero-order valence-electron chi connectivity index (χ0n) is 9.44. The molecular weight excluding hydrogens is 202 g/mol. The molecule has 0 bridgehead atoms. The summed E-state index contributed by atoms with van der Waals surface area (Å²) in [7, 11) is 0. The molecule has 1 aromatic rings. The third-order valence-corrected chi connectivity index (χ3v) is 2.17. The maximum absolute atomic E-state index is 11.7. The second kappa shape index (κ2) is 5.26. The average Bonchev–Trinajstić information content (AvgIpc) is 2.26. The Labute approximate surface area is 95.0 Å². The fourth-order valence-electron chi connectivity index (χ4n) is 1.29. The van der Waals surface area contributed by atoms with Gasteiger partial charge in [0, 0.05) is 5.92 Å². The molecule has 0 fully saturated rings. The van der Waals surface area contributed by atoms with Gasteiger partial charge in [-0.3, -0.25) is 9.59 Å². The van der Waals surface area contributed by atoms with Crippen LogP contribution in [0.15, 0.2) is 35.9 Å². The van der Waals surface area contributed by atoms with Gasteiger partial charge in [-0.15, -0.1) is 0 Å². The summed E-state index contributed by atoms with van der Waals surface area (Å²) in [6, 6.07) is 9.17. The number of carbonyl (C=O) groups is 2. The predicted molar refractivity (Wildman–Crippen MR) is 63.5 cm³/mol. The molecular formula is C13H15NO2. The Kier molecular flexibility index (Phi) is 4.00. The third kappa shape index (κ3) is 3.05. The van der Waals surface area contributed by atoms with Crippen molar-refractivity contribution in [3.05, 3.63) is 41.5 Å². The van der Waals surface area contributed by atoms with Crippen molar-refractivity contribution in [1.29, 1.82) is 0 Å². The number of amides is 1. The van der Waals surface area contributed by atoms with E-state index in [1.807, 2.05) is 30.3 Å². The Hall–Kier alpha value is -1.90. The number of primary amides is 1. The van der Waals surface area contributed by atoms with Gasteiger partial charge in [0.05, 0.1) is 5.57 Å². The number of rotatable bonds is 4. The smallest absolute Gasteiger partial charge is 0.252 e. The molecule has 0 radical (unpaired) electrons. The van der Waals surface area contributed by atoms with E-state index in [2.05, 4.69) is 0 Å². The second-order valence-corrected chi connectivity index (χ2v) is 3.85. The second-order valence-electron chi connectivity index (χ2n) is 3.85. The van der Waals surface area contributed by atoms with Gasteiger partial charge in [0.2, 0.25) is 0 Å². The lowest BCUT2D eigenvalue weighted by Crippen LogP contribution is -2.23. The standard InChI is InChI=1S/C13H15NO2/c1-9(2)12(15)11(13(14)16)8-10-6-4-3-5-7-10/h3-9H,1-2H3,(H2,14,16). The van der Waals surface area contributed by atoms with Crippen LogP contribution in [0.25, 0.3) is 6.08 Å². The molecule has 3 heteroatoms. The summed E-state index contributed by atoms with van der Waals surface area (Å²) in [6.07, 6.45) is 1.53. The van der Waals surface area contributed by atoms with Crippen LogP contribution in [0, 0.1) is 5.92 Å². The quantitative estimate of drug-likeness (QED) is 0.474. The first kappa shape index (κ1) is 12.2. The van der Waals surface area contributed by atoms with Crippen molar-refractivity contribution in [3.63, 3.8) is 0 Å². The number of hydrogen-bond acceptors (Lipinski definition) is 2. The Morgan fingerprint density at radius 3 is 2.19 bits per heavy atom. The first-order valence-electron chi connectivity index (χ1n) is 5.13. The van der Waals surface area contributed by atoms with Gasteiger partial charge < -0.3 is 5.73 Å². The molecule has 0 saturated heterocycles. The number of nitrogens with two attached hydrogens (primary N) is 1. The minimum absolute atomic E-state index is 0.0567. The first-order chi connectivity index (χ1) is 7.52. The van der Waals surface area contributed by atoms with E-state index in [4.69, 9.17) is 5.73 Å². The highest BCUT2D eigenvalue weighted by atomic mass is 16.2. The normalized spacial score (nSPS) is 11.6. The van der Waals surface area contributed by atoms with Crippen molar-refractivity contribution in [2.45, 2.75) is 13.8 Å². The summed E-state index contributed by atoms with van der Waals surface area (Å²) in [5, 5.41) is 0. The zero-order valence-corrected chi connectivity index (χ0v) is 9.44. The Morgan fingerprint density at radius 2 is 1.75 bits per heavy atom. The number of benzene rings is 1. The lowest BCUT2D eigenvalue weighted by molar-refractivity contribution is -0.122. The lowest BCUT2D eigenvalue weighted by Gasteiger charge is -2.05. The van der Waals surface area contributed by atoms with Gasteiger partial charge in [-0.1, -0.05) is 44.2 Å². The van der Waals surface area contributed by atoms with Crippen molar-refractivity contribution in [3.8, 4) is 0 Å². The SMILES string of the molecule is CC(C)C(=O)C(=Cc1ccccc1)C(N)=O. The summed E-state index contributed by atoms with van der Waals surface area (Å²) in [6.45, 7) is 3.48. The van der Waals surface area contributed by atoms with Crippen LogP contribution in [0.4, 0.5) is 0 Å². The van der Waals surface area contributed by atoms with E-state index in [1.54, 1.807) is 13.8 Å². The molecule has 2 N–H and O–H groups in total. The van der Waals surface area contributed by atoms with Gasteiger partial charge >= 0.3 is 0 Å². The van der Waals surface area contributed by atoms with Crippen LogP contribution < -0.4 is 5.73 Å². The topological polar surface area (TPSA) is 60.2 Å². The van der Waals surface area contributed by atoms with Crippen LogP contribution >= 0.6 is 0 Å². The van der Waals surface area contributed by atoms with Crippen LogP contribution in [0.1, 0.15) is 19.4 Å². The fraction of sp³-hybridized carbons (Fsp3) is 0.231. The molecule has 0 spiro atoms. The molecule has 0 saturated carbocycles. The maximum atomic E-state index is 11.7. The number of ketones is 1. The summed E-state index contributed by atoms with van der Waals surface area (Å²) in [5.74, 6) is -1.14. The Morgan fingerprint density at radius 1 is 1.19 bits per heavy atom. The van der Waals surface area contributed by atoms with Crippen LogP contribution in [-0.2, 0) is 9.59 Å². The molecule has 0 heterocycles. The Balaban J connectivity index is 3.09. The fourth-order valence-corrected chi connectivity index (χ4v) is 1.29. The van der Waals surface area contributed by atoms with Crippen molar-refractivity contribution in [1.82, 2.24) is 0 Å². The molecule has 0 aliphatic rings. The number of hydrogen-bond donors (Lipinski definition) is 1. The maximum Gasteiger partial charge on any atom is 0.252 e. The van der Waals surface area contributed by atoms with Crippen molar-refractivity contribution < 1.29 is 9.59 Å². The minimum atomic E-state index is -0.678. The molecule has 1 amide bonds. The van der Waals surface area contributed by atoms with Crippen LogP contribution in [0.5, 0.6) is 0 Å². The summed E-state index contributed by atoms with van der Waals surface area (Å²) < 4.78 is 0. The van der Waals surface area contributed by atoms with Crippen molar-refractivity contribution in [2.24, 2.45) is 11.7 Å². The van der Waals surface area contributed by atoms with Crippen LogP contribution in [0.3, 0.4) is 0 Å². The largest absolute Gasteiger partial charge is 0.365 e. The molecule has 0 unspecified atom stereocenters. The summed E-state index contributed by atoms with van der Waals surface area (Å²) in [4.78, 5) is 22.9. The van der Waals surface area contributed by atoms with Gasteiger partial charge in [-0.05, 0) is 11.6 Å². The lowest BCUT2D eigenvalue weighted by atomic mass is 9.98. The number of Topliss-reactive ketones (excluding diaryl/α,β-unsaturated/α-hetero) is 1. The van der Waals surface area contributed by atoms with Gasteiger partial charge in [0.25, 0.3) is 5.91 Å². The zero-order chi connectivity index (χ0) is 12.1. The molecule has 1 aromatic carbocycles. The molecule has 1 rings (SSSR count). The van der Waals surface area contributed by atoms with Crippen LogP contribution in [0.2, 0.25) is 0 Å². The van der Waals surface area contributed by atoms with E-state index in [0.29, 0.717) is 0 Å². The molecule has 16 heavy (non-hydrogen) atoms. The molecule has 0 atom stereocenters. The average molecular weight is 217 g/mol. The van der Waals surface area contributed by atoms with Crippen molar-refractivity contribution in [2.75, 3.05) is 0 Å². The van der Waals surface area contributed by atoms with Crippen LogP contribution in [-0.4, -0.2) is 11.7 Å². The Bertz CT molecular complexity index is 419. The molecule has 84 valence electrons. The molecule has 0 aromatic heterocycles. The molecule has 3 nitrogen and oxygen atoms in total. The summed E-state index contributed by atoms with van der Waals surface area (Å²) in [5.41, 5.74) is 6.05. The first-order valence-corrected chi connectivity index (χ1v) is 5.13. The molecule has 0 aliphatic heterocycles. The van der Waals surface area contributed by atoms with Gasteiger partial charge in [-0.2, -0.15) is 0 Å². The van der Waals surface area contributed by atoms with Crippen molar-refractivity contribution >= 4 is 17.8 Å². The molecule has 0 aliphatic carbocycles. The highest BCUT2D eigenvalue weighted by Crippen LogP contribution is 2.11.